The predicted molar refractivity (Wildman–Crippen MR) is 368 cm³/mol. The van der Waals surface area contributed by atoms with Gasteiger partial charge in [0.25, 0.3) is 0 Å². The molecule has 0 bridgehead atoms. The van der Waals surface area contributed by atoms with Crippen molar-refractivity contribution in [3.8, 4) is 0 Å². The van der Waals surface area contributed by atoms with Crippen LogP contribution in [0.15, 0.2) is 30.0 Å². The first-order chi connectivity index (χ1) is 46.3. The second-order valence-corrected chi connectivity index (χ2v) is 22.4. The van der Waals surface area contributed by atoms with Gasteiger partial charge in [0, 0.05) is 45.7 Å². The Balaban J connectivity index is 7.58. The Labute approximate surface area is 568 Å². The van der Waals surface area contributed by atoms with Crippen LogP contribution < -0.4 is 140 Å². The van der Waals surface area contributed by atoms with Crippen molar-refractivity contribution >= 4 is 101 Å². The maximum absolute atomic E-state index is 14.7. The highest BCUT2D eigenvalue weighted by Gasteiger charge is 2.36. The number of hydrogen-bond donors (Lipinski definition) is 26. The average Bonchev–Trinajstić information content (AvgIpc) is 1.57. The monoisotopic (exact) mass is 1400 g/mol. The smallest absolute Gasteiger partial charge is 0.326 e. The normalized spacial score (nSPS) is 13.5. The number of carbonyl (C=O) groups is 11. The molecule has 43 nitrogen and oxygen atoms in total. The highest BCUT2D eigenvalue weighted by molar-refractivity contribution is 5.99. The van der Waals surface area contributed by atoms with Gasteiger partial charge < -0.3 is 145 Å². The molecule has 42 N–H and O–H groups in total. The molecule has 556 valence electrons. The third-order valence-electron chi connectivity index (χ3n) is 14.1. The summed E-state index contributed by atoms with van der Waals surface area (Å²) >= 11 is 0. The lowest BCUT2D eigenvalue weighted by Gasteiger charge is -2.28. The Kier molecular flexibility index (Phi) is 45.6. The zero-order valence-corrected chi connectivity index (χ0v) is 55.6. The predicted octanol–water partition coefficient (Wildman–Crippen LogP) is -11.8. The van der Waals surface area contributed by atoms with Crippen LogP contribution >= 0.6 is 0 Å². The van der Waals surface area contributed by atoms with E-state index in [9.17, 15) is 57.8 Å². The van der Waals surface area contributed by atoms with Crippen LogP contribution in [0.4, 0.5) is 0 Å². The number of aliphatic carboxylic acids is 1. The molecule has 0 aliphatic heterocycles. The van der Waals surface area contributed by atoms with Crippen molar-refractivity contribution in [1.82, 2.24) is 47.9 Å². The standard InChI is InChI=1S/C55H109N31O12/c56-21-3-1-11-31(79-41(89)30(78-40(88)29-58)13-5-23-72-50(60)61)42(90)80-32(12-2-4-22-57)43(91)81-33(14-6-24-73-51(62)63)44(92)82-35(16-8-26-75-53(66)67)46(94)85-37(19-20-39(59)87)48(96)84-34(15-7-25-74-52(64)65)45(93)83-36(17-9-27-76-54(68)69)47(95)86-38(49(97)98)18-10-28-77-55(70)71/h30-38H,1-29,56-58H2,(H2,59,87)(H,78,88)(H,79,89)(H,80,90)(H,81,91)(H,82,92)(H,83,93)(H,84,96)(H,85,94)(H,86,95)(H,97,98)(H4,60,61,72)(H4,62,63,73)(H4,64,65,74)(H4,66,67,75)(H4,68,69,76)(H4,70,71,77). The van der Waals surface area contributed by atoms with E-state index in [0.29, 0.717) is 19.3 Å². The highest BCUT2D eigenvalue weighted by Crippen LogP contribution is 2.13. The van der Waals surface area contributed by atoms with Crippen molar-refractivity contribution in [3.05, 3.63) is 0 Å². The number of nitrogens with one attached hydrogen (secondary N) is 9. The zero-order valence-electron chi connectivity index (χ0n) is 55.6. The van der Waals surface area contributed by atoms with E-state index in [1.54, 1.807) is 0 Å². The van der Waals surface area contributed by atoms with Crippen molar-refractivity contribution in [1.29, 1.82) is 0 Å². The van der Waals surface area contributed by atoms with Crippen LogP contribution in [-0.2, 0) is 52.7 Å². The lowest BCUT2D eigenvalue weighted by Crippen LogP contribution is -2.60. The van der Waals surface area contributed by atoms with Gasteiger partial charge in [-0.1, -0.05) is 0 Å². The number of aliphatic imine (C=N–C) groups is 6. The zero-order chi connectivity index (χ0) is 74.1. The van der Waals surface area contributed by atoms with Crippen LogP contribution in [-0.4, -0.2) is 219 Å². The molecular weight excluding hydrogens is 1290 g/mol. The molecule has 10 amide bonds. The van der Waals surface area contributed by atoms with Crippen molar-refractivity contribution in [2.24, 2.45) is 122 Å². The van der Waals surface area contributed by atoms with E-state index in [1.165, 1.54) is 0 Å². The van der Waals surface area contributed by atoms with Crippen molar-refractivity contribution < 1.29 is 57.8 Å². The molecule has 43 heteroatoms. The number of nitrogens with two attached hydrogens (primary N) is 16. The molecule has 0 aromatic carbocycles. The molecule has 0 heterocycles. The quantitative estimate of drug-likeness (QED) is 0.0153. The molecule has 0 aromatic heterocycles. The molecule has 0 aromatic rings. The third-order valence-corrected chi connectivity index (χ3v) is 14.1. The van der Waals surface area contributed by atoms with Gasteiger partial charge in [0.2, 0.25) is 59.1 Å². The van der Waals surface area contributed by atoms with E-state index in [-0.39, 0.29) is 184 Å². The molecule has 9 atom stereocenters. The Hall–Kier alpha value is -10.3. The molecule has 98 heavy (non-hydrogen) atoms. The minimum absolute atomic E-state index is 0.00379. The summed E-state index contributed by atoms with van der Waals surface area (Å²) < 4.78 is 0. The van der Waals surface area contributed by atoms with Gasteiger partial charge in [-0.25, -0.2) is 4.79 Å². The molecule has 0 fully saturated rings. The Morgan fingerprint density at radius 1 is 0.265 bits per heavy atom. The number of carbonyl (C=O) groups excluding carboxylic acids is 10. The number of hydrogen-bond acceptors (Lipinski definition) is 20. The summed E-state index contributed by atoms with van der Waals surface area (Å²) in [6.45, 7) is -0.158. The number of unbranched alkanes of at least 4 members (excludes halogenated alkanes) is 2. The second kappa shape index (κ2) is 51.0. The molecule has 0 saturated heterocycles. The summed E-state index contributed by atoms with van der Waals surface area (Å²) in [6, 6.07) is -13.3. The third kappa shape index (κ3) is 42.2. The SMILES string of the molecule is NCCCCC(NC(=O)C(CCCN=C(N)N)NC(=O)CN)C(=O)NC(CCCCN)C(=O)NC(CCCN=C(N)N)C(=O)NC(CCCN=C(N)N)C(=O)NC(CCC(N)=O)C(=O)NC(CCCN=C(N)N)C(=O)NC(CCCN=C(N)N)C(=O)NC(CCCN=C(N)N)C(=O)O. The topological polar surface area (TPSA) is 807 Å². The van der Waals surface area contributed by atoms with E-state index >= 15 is 0 Å². The van der Waals surface area contributed by atoms with Crippen LogP contribution in [0, 0.1) is 0 Å². The fourth-order valence-electron chi connectivity index (χ4n) is 9.13. The highest BCUT2D eigenvalue weighted by atomic mass is 16.4. The van der Waals surface area contributed by atoms with Gasteiger partial charge in [-0.3, -0.25) is 77.9 Å². The summed E-state index contributed by atoms with van der Waals surface area (Å²) in [5, 5.41) is 33.1. The first-order valence-corrected chi connectivity index (χ1v) is 32.0. The lowest BCUT2D eigenvalue weighted by molar-refractivity contribution is -0.142. The molecule has 0 spiro atoms. The average molecular weight is 1400 g/mol. The number of carboxylic acids is 1. The maximum Gasteiger partial charge on any atom is 0.326 e. The van der Waals surface area contributed by atoms with Gasteiger partial charge in [0.1, 0.15) is 54.4 Å². The maximum atomic E-state index is 14.7. The van der Waals surface area contributed by atoms with E-state index < -0.39 is 139 Å². The summed E-state index contributed by atoms with van der Waals surface area (Å²) in [5.41, 5.74) is 88.6. The van der Waals surface area contributed by atoms with Crippen LogP contribution in [0.5, 0.6) is 0 Å². The Morgan fingerprint density at radius 2 is 0.459 bits per heavy atom. The summed E-state index contributed by atoms with van der Waals surface area (Å²) in [7, 11) is 0. The molecule has 9 unspecified atom stereocenters. The molecule has 0 aliphatic carbocycles. The van der Waals surface area contributed by atoms with E-state index in [4.69, 9.17) is 91.7 Å². The van der Waals surface area contributed by atoms with Crippen molar-refractivity contribution in [2.45, 2.75) is 183 Å². The number of guanidine groups is 6. The number of carboxylic acid groups (broad SMARTS) is 1. The molecule has 0 radical (unpaired) electrons. The molecular formula is C55H109N31O12. The van der Waals surface area contributed by atoms with Gasteiger partial charge in [0.15, 0.2) is 35.8 Å². The van der Waals surface area contributed by atoms with Gasteiger partial charge in [-0.15, -0.1) is 0 Å². The minimum Gasteiger partial charge on any atom is -0.480 e. The molecule has 0 saturated carbocycles. The molecule has 0 rings (SSSR count). The summed E-state index contributed by atoms with van der Waals surface area (Å²) in [6.07, 6.45) is -0.146. The Morgan fingerprint density at radius 3 is 0.653 bits per heavy atom. The largest absolute Gasteiger partial charge is 0.480 e. The number of nitrogens with zero attached hydrogens (tertiary/aromatic N) is 6. The fraction of sp³-hybridized carbons (Fsp3) is 0.691. The van der Waals surface area contributed by atoms with Gasteiger partial charge in [-0.2, -0.15) is 0 Å². The molecule has 0 aliphatic rings. The fourth-order valence-corrected chi connectivity index (χ4v) is 9.13. The first kappa shape index (κ1) is 87.7. The van der Waals surface area contributed by atoms with E-state index in [1.807, 2.05) is 0 Å². The number of primary amides is 1. The van der Waals surface area contributed by atoms with Crippen LogP contribution in [0.3, 0.4) is 0 Å². The Bertz CT molecular complexity index is 2710. The number of amides is 10. The van der Waals surface area contributed by atoms with Crippen molar-refractivity contribution in [2.75, 3.05) is 58.9 Å². The number of rotatable bonds is 54. The first-order valence-electron chi connectivity index (χ1n) is 32.0. The summed E-state index contributed by atoms with van der Waals surface area (Å²) in [4.78, 5) is 175. The van der Waals surface area contributed by atoms with Crippen LogP contribution in [0.2, 0.25) is 0 Å². The van der Waals surface area contributed by atoms with Gasteiger partial charge >= 0.3 is 5.97 Å². The second-order valence-electron chi connectivity index (χ2n) is 22.4. The van der Waals surface area contributed by atoms with Crippen LogP contribution in [0.1, 0.15) is 128 Å². The van der Waals surface area contributed by atoms with Gasteiger partial charge in [0.05, 0.1) is 6.54 Å². The van der Waals surface area contributed by atoms with E-state index in [2.05, 4.69) is 77.8 Å². The van der Waals surface area contributed by atoms with Crippen molar-refractivity contribution in [3.63, 3.8) is 0 Å². The summed E-state index contributed by atoms with van der Waals surface area (Å²) in [5.74, 6) is -12.2. The minimum atomic E-state index is -1.71. The van der Waals surface area contributed by atoms with E-state index in [0.717, 1.165) is 0 Å². The lowest BCUT2D eigenvalue weighted by atomic mass is 10.0. The van der Waals surface area contributed by atoms with Crippen LogP contribution in [0.25, 0.3) is 0 Å². The van der Waals surface area contributed by atoms with Gasteiger partial charge in [-0.05, 0) is 135 Å².